The third-order valence-electron chi connectivity index (χ3n) is 5.70. The van der Waals surface area contributed by atoms with Gasteiger partial charge in [0.05, 0.1) is 0 Å². The van der Waals surface area contributed by atoms with Crippen LogP contribution in [0, 0.1) is 5.92 Å². The number of benzene rings is 1. The smallest absolute Gasteiger partial charge is 0.255 e. The van der Waals surface area contributed by atoms with Crippen molar-refractivity contribution in [3.63, 3.8) is 0 Å². The largest absolute Gasteiger partial charge is 0.328 e. The van der Waals surface area contributed by atoms with Crippen molar-refractivity contribution in [1.29, 1.82) is 0 Å². The summed E-state index contributed by atoms with van der Waals surface area (Å²) in [6.45, 7) is 2.06. The van der Waals surface area contributed by atoms with Gasteiger partial charge < -0.3 is 16.0 Å². The Balaban J connectivity index is 1.44. The molecule has 0 bridgehead atoms. The van der Waals surface area contributed by atoms with Crippen LogP contribution in [0.15, 0.2) is 18.2 Å². The van der Waals surface area contributed by atoms with Crippen molar-refractivity contribution in [2.75, 3.05) is 6.54 Å². The molecule has 26 heavy (non-hydrogen) atoms. The molecule has 7 nitrogen and oxygen atoms in total. The molecule has 1 aromatic rings. The summed E-state index contributed by atoms with van der Waals surface area (Å²) < 4.78 is 0. The van der Waals surface area contributed by atoms with E-state index in [1.54, 1.807) is 4.90 Å². The Morgan fingerprint density at radius 1 is 1.23 bits per heavy atom. The lowest BCUT2D eigenvalue weighted by atomic mass is 9.81. The third-order valence-corrected chi connectivity index (χ3v) is 5.70. The molecule has 3 amide bonds. The van der Waals surface area contributed by atoms with Gasteiger partial charge in [-0.15, -0.1) is 0 Å². The number of piperidine rings is 1. The highest BCUT2D eigenvalue weighted by atomic mass is 16.2. The van der Waals surface area contributed by atoms with E-state index >= 15 is 0 Å². The molecule has 4 N–H and O–H groups in total. The number of carbonyl (C=O) groups excluding carboxylic acids is 3. The molecular weight excluding hydrogens is 332 g/mol. The van der Waals surface area contributed by atoms with Crippen molar-refractivity contribution < 1.29 is 14.4 Å². The first kappa shape index (κ1) is 17.2. The maximum atomic E-state index is 12.8. The second-order valence-corrected chi connectivity index (χ2v) is 7.57. The number of carbonyl (C=O) groups is 3. The molecule has 2 fully saturated rings. The fraction of sp³-hybridized carbons (Fsp3) is 0.526. The van der Waals surface area contributed by atoms with E-state index in [-0.39, 0.29) is 24.1 Å². The van der Waals surface area contributed by atoms with Crippen molar-refractivity contribution in [3.8, 4) is 0 Å². The summed E-state index contributed by atoms with van der Waals surface area (Å²) in [5.41, 5.74) is 8.57. The number of nitrogens with zero attached hydrogens (tertiary/aromatic N) is 1. The summed E-state index contributed by atoms with van der Waals surface area (Å²) in [4.78, 5) is 37.9. The number of nitrogens with two attached hydrogens (primary N) is 1. The molecule has 2 heterocycles. The van der Waals surface area contributed by atoms with Gasteiger partial charge in [0.1, 0.15) is 6.04 Å². The molecule has 0 aromatic heterocycles. The molecule has 1 saturated heterocycles. The Bertz CT molecular complexity index is 757. The summed E-state index contributed by atoms with van der Waals surface area (Å²) in [5.74, 6) is -0.121. The van der Waals surface area contributed by atoms with Crippen LogP contribution in [0.2, 0.25) is 0 Å². The predicted molar refractivity (Wildman–Crippen MR) is 94.9 cm³/mol. The minimum Gasteiger partial charge on any atom is -0.328 e. The summed E-state index contributed by atoms with van der Waals surface area (Å²) in [5, 5.41) is 5.81. The van der Waals surface area contributed by atoms with Gasteiger partial charge in [-0.3, -0.25) is 19.7 Å². The van der Waals surface area contributed by atoms with Gasteiger partial charge >= 0.3 is 0 Å². The Hall–Kier alpha value is -2.25. The molecule has 0 spiro atoms. The van der Waals surface area contributed by atoms with Gasteiger partial charge in [0.25, 0.3) is 5.91 Å². The molecule has 3 aliphatic rings. The van der Waals surface area contributed by atoms with Gasteiger partial charge in [-0.2, -0.15) is 0 Å². The van der Waals surface area contributed by atoms with Crippen molar-refractivity contribution in [3.05, 3.63) is 34.9 Å². The Labute approximate surface area is 152 Å². The second kappa shape index (κ2) is 6.81. The van der Waals surface area contributed by atoms with Gasteiger partial charge in [-0.25, -0.2) is 0 Å². The van der Waals surface area contributed by atoms with E-state index in [0.29, 0.717) is 37.0 Å². The van der Waals surface area contributed by atoms with Crippen LogP contribution in [-0.4, -0.2) is 41.2 Å². The fourth-order valence-electron chi connectivity index (χ4n) is 4.18. The van der Waals surface area contributed by atoms with Crippen LogP contribution in [0.25, 0.3) is 0 Å². The molecule has 4 rings (SSSR count). The summed E-state index contributed by atoms with van der Waals surface area (Å²) in [6, 6.07) is 5.52. The SMILES string of the molecule is NC1CC(CNCc2cccc3c2CN(C2CCC(=O)NC2=O)C3=O)C1. The quantitative estimate of drug-likeness (QED) is 0.657. The van der Waals surface area contributed by atoms with E-state index in [1.165, 1.54) is 0 Å². The van der Waals surface area contributed by atoms with Crippen LogP contribution >= 0.6 is 0 Å². The lowest BCUT2D eigenvalue weighted by molar-refractivity contribution is -0.136. The van der Waals surface area contributed by atoms with Gasteiger partial charge in [0.15, 0.2) is 0 Å². The monoisotopic (exact) mass is 356 g/mol. The highest BCUT2D eigenvalue weighted by molar-refractivity contribution is 6.05. The minimum atomic E-state index is -0.565. The molecule has 1 saturated carbocycles. The number of amides is 3. The molecule has 2 aliphatic heterocycles. The van der Waals surface area contributed by atoms with E-state index in [9.17, 15) is 14.4 Å². The lowest BCUT2D eigenvalue weighted by Gasteiger charge is -2.32. The Morgan fingerprint density at radius 2 is 2.04 bits per heavy atom. The number of fused-ring (bicyclic) bond motifs is 1. The van der Waals surface area contributed by atoms with Crippen LogP contribution in [0.5, 0.6) is 0 Å². The maximum Gasteiger partial charge on any atom is 0.255 e. The molecule has 1 aliphatic carbocycles. The molecule has 7 heteroatoms. The molecular formula is C19H24N4O3. The average Bonchev–Trinajstić information content (AvgIpc) is 2.91. The Morgan fingerprint density at radius 3 is 2.77 bits per heavy atom. The molecule has 0 radical (unpaired) electrons. The van der Waals surface area contributed by atoms with Gasteiger partial charge in [-0.05, 0) is 48.9 Å². The zero-order valence-corrected chi connectivity index (χ0v) is 14.7. The highest BCUT2D eigenvalue weighted by Gasteiger charge is 2.39. The normalized spacial score (nSPS) is 28.0. The van der Waals surface area contributed by atoms with E-state index < -0.39 is 6.04 Å². The first-order chi connectivity index (χ1) is 12.5. The van der Waals surface area contributed by atoms with Crippen molar-refractivity contribution in [2.45, 2.75) is 50.9 Å². The van der Waals surface area contributed by atoms with Crippen molar-refractivity contribution in [1.82, 2.24) is 15.5 Å². The average molecular weight is 356 g/mol. The van der Waals surface area contributed by atoms with Crippen LogP contribution in [0.4, 0.5) is 0 Å². The zero-order valence-electron chi connectivity index (χ0n) is 14.7. The van der Waals surface area contributed by atoms with E-state index in [0.717, 1.165) is 30.5 Å². The first-order valence-corrected chi connectivity index (χ1v) is 9.24. The number of hydrogen-bond acceptors (Lipinski definition) is 5. The number of imide groups is 1. The minimum absolute atomic E-state index is 0.124. The van der Waals surface area contributed by atoms with Gasteiger partial charge in [0.2, 0.25) is 11.8 Å². The Kier molecular flexibility index (Phi) is 4.50. The number of rotatable bonds is 5. The third kappa shape index (κ3) is 3.12. The lowest BCUT2D eigenvalue weighted by Crippen LogP contribution is -2.52. The van der Waals surface area contributed by atoms with Crippen LogP contribution < -0.4 is 16.4 Å². The molecule has 1 aromatic carbocycles. The highest BCUT2D eigenvalue weighted by Crippen LogP contribution is 2.30. The van der Waals surface area contributed by atoms with Gasteiger partial charge in [-0.1, -0.05) is 12.1 Å². The zero-order chi connectivity index (χ0) is 18.3. The topological polar surface area (TPSA) is 105 Å². The molecule has 1 unspecified atom stereocenters. The van der Waals surface area contributed by atoms with Crippen LogP contribution in [0.1, 0.15) is 47.2 Å². The summed E-state index contributed by atoms with van der Waals surface area (Å²) >= 11 is 0. The maximum absolute atomic E-state index is 12.8. The van der Waals surface area contributed by atoms with E-state index in [2.05, 4.69) is 10.6 Å². The van der Waals surface area contributed by atoms with Gasteiger partial charge in [0, 0.05) is 31.1 Å². The second-order valence-electron chi connectivity index (χ2n) is 7.57. The number of nitrogens with one attached hydrogen (secondary N) is 2. The van der Waals surface area contributed by atoms with Crippen LogP contribution in [0.3, 0.4) is 0 Å². The fourth-order valence-corrected chi connectivity index (χ4v) is 4.18. The van der Waals surface area contributed by atoms with Crippen LogP contribution in [-0.2, 0) is 22.7 Å². The van der Waals surface area contributed by atoms with Crippen molar-refractivity contribution in [2.24, 2.45) is 11.7 Å². The van der Waals surface area contributed by atoms with E-state index in [1.807, 2.05) is 18.2 Å². The standard InChI is InChI=1S/C19H24N4O3/c20-13-6-11(7-13)8-21-9-12-2-1-3-14-15(12)10-23(19(14)26)16-4-5-17(24)22-18(16)25/h1-3,11,13,16,21H,4-10,20H2,(H,22,24,25). The van der Waals surface area contributed by atoms with Crippen molar-refractivity contribution >= 4 is 17.7 Å². The summed E-state index contributed by atoms with van der Waals surface area (Å²) in [7, 11) is 0. The first-order valence-electron chi connectivity index (χ1n) is 9.24. The summed E-state index contributed by atoms with van der Waals surface area (Å²) in [6.07, 6.45) is 2.80. The molecule has 1 atom stereocenters. The predicted octanol–water partition coefficient (Wildman–Crippen LogP) is 0.274. The van der Waals surface area contributed by atoms with E-state index in [4.69, 9.17) is 5.73 Å². The molecule has 138 valence electrons. The number of hydrogen-bond donors (Lipinski definition) is 3.